The Hall–Kier alpha value is -1.88. The number of fused-ring (bicyclic) bond motifs is 5. The Morgan fingerprint density at radius 2 is 2.33 bits per heavy atom. The van der Waals surface area contributed by atoms with Crippen molar-refractivity contribution in [3.63, 3.8) is 0 Å². The second-order valence-corrected chi connectivity index (χ2v) is 7.02. The summed E-state index contributed by atoms with van der Waals surface area (Å²) in [6.45, 7) is 3.66. The Morgan fingerprint density at radius 3 is 3.21 bits per heavy atom. The zero-order valence-electron chi connectivity index (χ0n) is 13.4. The lowest BCUT2D eigenvalue weighted by Crippen LogP contribution is -3.08. The SMILES string of the molecule is C[NH+]1CCc2c(sc3c2c(NCCOCCO)nc2nnnn23)C1. The smallest absolute Gasteiger partial charge is 0.276 e. The normalized spacial score (nSPS) is 17.5. The first kappa shape index (κ1) is 15.6. The summed E-state index contributed by atoms with van der Waals surface area (Å²) in [4.78, 5) is 8.54. The molecule has 0 aromatic carbocycles. The van der Waals surface area contributed by atoms with Gasteiger partial charge in [-0.15, -0.1) is 11.3 Å². The molecule has 128 valence electrons. The number of anilines is 1. The molecule has 10 heteroatoms. The van der Waals surface area contributed by atoms with Crippen LogP contribution in [0, 0.1) is 0 Å². The maximum atomic E-state index is 8.76. The molecule has 4 heterocycles. The Balaban J connectivity index is 1.73. The van der Waals surface area contributed by atoms with Crippen molar-refractivity contribution in [1.29, 1.82) is 0 Å². The average molecular weight is 350 g/mol. The fourth-order valence-electron chi connectivity index (χ4n) is 3.07. The molecule has 1 atom stereocenters. The van der Waals surface area contributed by atoms with E-state index >= 15 is 0 Å². The molecular weight excluding hydrogens is 330 g/mol. The predicted molar refractivity (Wildman–Crippen MR) is 89.5 cm³/mol. The number of hydrogen-bond acceptors (Lipinski definition) is 8. The Bertz CT molecular complexity index is 862. The zero-order valence-corrected chi connectivity index (χ0v) is 14.3. The first-order chi connectivity index (χ1) is 11.8. The Kier molecular flexibility index (Phi) is 4.27. The number of tetrazole rings is 1. The van der Waals surface area contributed by atoms with E-state index in [0.29, 0.717) is 25.5 Å². The van der Waals surface area contributed by atoms with E-state index < -0.39 is 0 Å². The molecule has 3 aromatic rings. The maximum absolute atomic E-state index is 8.76. The van der Waals surface area contributed by atoms with Crippen LogP contribution in [0.3, 0.4) is 0 Å². The van der Waals surface area contributed by atoms with Crippen molar-refractivity contribution < 1.29 is 14.7 Å². The number of quaternary nitrogens is 1. The van der Waals surface area contributed by atoms with Crippen LogP contribution in [0.5, 0.6) is 0 Å². The summed E-state index contributed by atoms with van der Waals surface area (Å²) in [5.74, 6) is 1.32. The first-order valence-electron chi connectivity index (χ1n) is 8.04. The van der Waals surface area contributed by atoms with E-state index in [2.05, 4.69) is 32.9 Å². The minimum absolute atomic E-state index is 0.0355. The summed E-state index contributed by atoms with van der Waals surface area (Å²) < 4.78 is 7.03. The molecule has 0 fully saturated rings. The third kappa shape index (κ3) is 2.71. The average Bonchev–Trinajstić information content (AvgIpc) is 3.17. The number of aliphatic hydroxyl groups is 1. The lowest BCUT2D eigenvalue weighted by Gasteiger charge is -2.19. The van der Waals surface area contributed by atoms with Gasteiger partial charge in [0.25, 0.3) is 5.78 Å². The van der Waals surface area contributed by atoms with E-state index in [1.54, 1.807) is 15.9 Å². The second-order valence-electron chi connectivity index (χ2n) is 5.93. The van der Waals surface area contributed by atoms with Crippen LogP contribution in [-0.4, -0.2) is 70.1 Å². The van der Waals surface area contributed by atoms with Gasteiger partial charge in [-0.25, -0.2) is 0 Å². The number of nitrogens with zero attached hydrogens (tertiary/aromatic N) is 5. The van der Waals surface area contributed by atoms with Crippen molar-refractivity contribution in [2.45, 2.75) is 13.0 Å². The van der Waals surface area contributed by atoms with Crippen LogP contribution in [-0.2, 0) is 17.7 Å². The summed E-state index contributed by atoms with van der Waals surface area (Å²) in [5, 5.41) is 25.1. The van der Waals surface area contributed by atoms with Crippen LogP contribution >= 0.6 is 11.3 Å². The van der Waals surface area contributed by atoms with E-state index in [1.807, 2.05) is 0 Å². The van der Waals surface area contributed by atoms with E-state index in [1.165, 1.54) is 15.3 Å². The number of aliphatic hydroxyl groups excluding tert-OH is 1. The Labute approximate surface area is 142 Å². The third-order valence-electron chi connectivity index (χ3n) is 4.20. The fourth-order valence-corrected chi connectivity index (χ4v) is 4.48. The molecule has 0 bridgehead atoms. The van der Waals surface area contributed by atoms with Crippen molar-refractivity contribution in [3.05, 3.63) is 10.4 Å². The molecule has 24 heavy (non-hydrogen) atoms. The van der Waals surface area contributed by atoms with Gasteiger partial charge in [0.15, 0.2) is 0 Å². The number of nitrogens with one attached hydrogen (secondary N) is 2. The molecule has 1 aliphatic rings. The molecule has 1 aliphatic heterocycles. The first-order valence-corrected chi connectivity index (χ1v) is 8.85. The highest BCUT2D eigenvalue weighted by Gasteiger charge is 2.26. The number of likely N-dealkylation sites (N-methyl/N-ethyl adjacent to an activating group) is 1. The van der Waals surface area contributed by atoms with Gasteiger partial charge in [0.1, 0.15) is 17.2 Å². The second kappa shape index (κ2) is 6.55. The molecule has 0 radical (unpaired) electrons. The Morgan fingerprint density at radius 1 is 1.42 bits per heavy atom. The number of aromatic nitrogens is 5. The molecule has 1 unspecified atom stereocenters. The van der Waals surface area contributed by atoms with E-state index in [0.717, 1.165) is 35.5 Å². The molecule has 3 aromatic heterocycles. The molecule has 3 N–H and O–H groups in total. The quantitative estimate of drug-likeness (QED) is 0.476. The third-order valence-corrected chi connectivity index (χ3v) is 5.41. The van der Waals surface area contributed by atoms with Gasteiger partial charge in [0.05, 0.1) is 43.7 Å². The summed E-state index contributed by atoms with van der Waals surface area (Å²) >= 11 is 1.75. The summed E-state index contributed by atoms with van der Waals surface area (Å²) in [5.41, 5.74) is 1.37. The maximum Gasteiger partial charge on any atom is 0.276 e. The fraction of sp³-hybridized carbons (Fsp3) is 0.571. The summed E-state index contributed by atoms with van der Waals surface area (Å²) in [6, 6.07) is 0. The van der Waals surface area contributed by atoms with Crippen LogP contribution in [0.15, 0.2) is 0 Å². The van der Waals surface area contributed by atoms with Crippen LogP contribution in [0.25, 0.3) is 16.0 Å². The van der Waals surface area contributed by atoms with Gasteiger partial charge in [-0.2, -0.15) is 9.50 Å². The van der Waals surface area contributed by atoms with Crippen molar-refractivity contribution in [2.24, 2.45) is 0 Å². The summed E-state index contributed by atoms with van der Waals surface area (Å²) in [7, 11) is 2.22. The lowest BCUT2D eigenvalue weighted by atomic mass is 10.1. The lowest BCUT2D eigenvalue weighted by molar-refractivity contribution is -0.895. The van der Waals surface area contributed by atoms with Crippen molar-refractivity contribution in [3.8, 4) is 0 Å². The molecule has 0 spiro atoms. The highest BCUT2D eigenvalue weighted by Crippen LogP contribution is 2.36. The van der Waals surface area contributed by atoms with Gasteiger partial charge in [-0.1, -0.05) is 5.10 Å². The molecule has 0 saturated carbocycles. The van der Waals surface area contributed by atoms with Crippen molar-refractivity contribution >= 4 is 33.1 Å². The predicted octanol–water partition coefficient (Wildman–Crippen LogP) is -1.27. The highest BCUT2D eigenvalue weighted by molar-refractivity contribution is 7.19. The highest BCUT2D eigenvalue weighted by atomic mass is 32.1. The monoisotopic (exact) mass is 350 g/mol. The van der Waals surface area contributed by atoms with E-state index in [4.69, 9.17) is 9.84 Å². The molecular formula is C14H20N7O2S+. The molecule has 4 rings (SSSR count). The molecule has 0 aliphatic carbocycles. The van der Waals surface area contributed by atoms with Crippen LogP contribution < -0.4 is 10.2 Å². The summed E-state index contributed by atoms with van der Waals surface area (Å²) in [6.07, 6.45) is 1.03. The van der Waals surface area contributed by atoms with Crippen LogP contribution in [0.4, 0.5) is 5.82 Å². The van der Waals surface area contributed by atoms with Crippen LogP contribution in [0.2, 0.25) is 0 Å². The number of rotatable bonds is 6. The molecule has 9 nitrogen and oxygen atoms in total. The number of ether oxygens (including phenoxy) is 1. The minimum atomic E-state index is 0.0355. The van der Waals surface area contributed by atoms with Gasteiger partial charge in [-0.05, 0) is 16.0 Å². The van der Waals surface area contributed by atoms with Gasteiger partial charge >= 0.3 is 0 Å². The van der Waals surface area contributed by atoms with Gasteiger partial charge in [0, 0.05) is 13.0 Å². The van der Waals surface area contributed by atoms with Gasteiger partial charge in [0.2, 0.25) is 0 Å². The minimum Gasteiger partial charge on any atom is -0.394 e. The van der Waals surface area contributed by atoms with Gasteiger partial charge in [-0.3, -0.25) is 0 Å². The number of thiophene rings is 1. The van der Waals surface area contributed by atoms with Crippen molar-refractivity contribution in [2.75, 3.05) is 45.3 Å². The largest absolute Gasteiger partial charge is 0.394 e. The van der Waals surface area contributed by atoms with Crippen LogP contribution in [0.1, 0.15) is 10.4 Å². The van der Waals surface area contributed by atoms with Crippen molar-refractivity contribution in [1.82, 2.24) is 25.0 Å². The van der Waals surface area contributed by atoms with Gasteiger partial charge < -0.3 is 20.1 Å². The standard InChI is InChI=1S/C14H19N7O2S/c1-20-4-2-9-10(8-20)24-13-11(9)12(15-3-6-23-7-5-22)16-14-17-18-19-21(13)14/h22H,2-8H2,1H3,(H,15,16,17,19)/p+1. The van der Waals surface area contributed by atoms with E-state index in [-0.39, 0.29) is 6.61 Å². The topological polar surface area (TPSA) is 102 Å². The van der Waals surface area contributed by atoms with E-state index in [9.17, 15) is 0 Å². The zero-order chi connectivity index (χ0) is 16.5. The molecule has 0 amide bonds. The molecule has 0 saturated heterocycles. The number of hydrogen-bond donors (Lipinski definition) is 3.